The molecule has 0 bridgehead atoms. The van der Waals surface area contributed by atoms with E-state index in [4.69, 9.17) is 28.9 Å². The van der Waals surface area contributed by atoms with E-state index in [0.717, 1.165) is 12.0 Å². The van der Waals surface area contributed by atoms with Crippen LogP contribution in [0.1, 0.15) is 28.8 Å². The van der Waals surface area contributed by atoms with Crippen LogP contribution >= 0.6 is 23.2 Å². The SMILES string of the molecule is NC(=O)Cc1ccc(NC(=O)C2CCCN2C(=O)c2cc(Cl)cc(Cl)c2)cc1. The number of nitrogens with zero attached hydrogens (tertiary/aromatic N) is 1. The Kier molecular flexibility index (Phi) is 6.21. The van der Waals surface area contributed by atoms with Gasteiger partial charge in [-0.3, -0.25) is 14.4 Å². The zero-order valence-electron chi connectivity index (χ0n) is 15.0. The zero-order chi connectivity index (χ0) is 20.3. The normalized spacial score (nSPS) is 16.1. The van der Waals surface area contributed by atoms with Gasteiger partial charge < -0.3 is 16.0 Å². The van der Waals surface area contributed by atoms with Gasteiger partial charge >= 0.3 is 0 Å². The van der Waals surface area contributed by atoms with E-state index >= 15 is 0 Å². The Bertz CT molecular complexity index is 895. The van der Waals surface area contributed by atoms with Crippen molar-refractivity contribution in [1.82, 2.24) is 4.90 Å². The minimum atomic E-state index is -0.574. The fraction of sp³-hybridized carbons (Fsp3) is 0.250. The first-order valence-corrected chi connectivity index (χ1v) is 9.54. The first-order valence-electron chi connectivity index (χ1n) is 8.78. The number of benzene rings is 2. The Balaban J connectivity index is 1.70. The Morgan fingerprint density at radius 1 is 1.07 bits per heavy atom. The van der Waals surface area contributed by atoms with Crippen molar-refractivity contribution >= 4 is 46.6 Å². The van der Waals surface area contributed by atoms with Gasteiger partial charge in [-0.05, 0) is 48.7 Å². The van der Waals surface area contributed by atoms with Crippen LogP contribution in [0.2, 0.25) is 10.0 Å². The van der Waals surface area contributed by atoms with Crippen LogP contribution in [0.15, 0.2) is 42.5 Å². The lowest BCUT2D eigenvalue weighted by Crippen LogP contribution is -2.43. The molecular weight excluding hydrogens is 401 g/mol. The molecule has 1 aliphatic heterocycles. The number of hydrogen-bond donors (Lipinski definition) is 2. The number of likely N-dealkylation sites (tertiary alicyclic amines) is 1. The molecule has 6 nitrogen and oxygen atoms in total. The summed E-state index contributed by atoms with van der Waals surface area (Å²) >= 11 is 12.0. The van der Waals surface area contributed by atoms with Gasteiger partial charge in [-0.15, -0.1) is 0 Å². The van der Waals surface area contributed by atoms with Gasteiger partial charge in [0, 0.05) is 27.8 Å². The van der Waals surface area contributed by atoms with E-state index in [1.807, 2.05) is 0 Å². The van der Waals surface area contributed by atoms with Gasteiger partial charge in [0.15, 0.2) is 0 Å². The standard InChI is InChI=1S/C20H19Cl2N3O3/c21-14-9-13(10-15(22)11-14)20(28)25-7-1-2-17(25)19(27)24-16-5-3-12(4-6-16)8-18(23)26/h3-6,9-11,17H,1-2,7-8H2,(H2,23,26)(H,24,27). The number of amides is 3. The van der Waals surface area contributed by atoms with E-state index < -0.39 is 11.9 Å². The third-order valence-corrected chi connectivity index (χ3v) is 4.96. The number of hydrogen-bond acceptors (Lipinski definition) is 3. The van der Waals surface area contributed by atoms with Gasteiger partial charge in [-0.1, -0.05) is 35.3 Å². The summed E-state index contributed by atoms with van der Waals surface area (Å²) in [5.41, 5.74) is 6.88. The summed E-state index contributed by atoms with van der Waals surface area (Å²) in [5.74, 6) is -0.960. The lowest BCUT2D eigenvalue weighted by Gasteiger charge is -2.24. The van der Waals surface area contributed by atoms with Crippen molar-refractivity contribution < 1.29 is 14.4 Å². The molecule has 1 atom stereocenters. The van der Waals surface area contributed by atoms with E-state index in [1.54, 1.807) is 47.4 Å². The molecule has 1 heterocycles. The molecule has 1 aliphatic rings. The van der Waals surface area contributed by atoms with E-state index in [2.05, 4.69) is 5.32 Å². The third-order valence-electron chi connectivity index (χ3n) is 4.53. The third kappa shape index (κ3) is 4.82. The highest BCUT2D eigenvalue weighted by atomic mass is 35.5. The molecule has 2 aromatic carbocycles. The maximum atomic E-state index is 12.9. The summed E-state index contributed by atoms with van der Waals surface area (Å²) in [5, 5.41) is 3.56. The van der Waals surface area contributed by atoms with Crippen LogP contribution in [0.4, 0.5) is 5.69 Å². The molecule has 1 saturated heterocycles. The Hall–Kier alpha value is -2.57. The van der Waals surface area contributed by atoms with Crippen molar-refractivity contribution in [2.24, 2.45) is 5.73 Å². The Labute approximate surface area is 172 Å². The lowest BCUT2D eigenvalue weighted by molar-refractivity contribution is -0.120. The van der Waals surface area contributed by atoms with Gasteiger partial charge in [-0.2, -0.15) is 0 Å². The number of carbonyl (C=O) groups is 3. The molecular formula is C20H19Cl2N3O3. The average Bonchev–Trinajstić information content (AvgIpc) is 3.11. The molecule has 0 aliphatic carbocycles. The Morgan fingerprint density at radius 2 is 1.71 bits per heavy atom. The van der Waals surface area contributed by atoms with Gasteiger partial charge in [0.2, 0.25) is 11.8 Å². The quantitative estimate of drug-likeness (QED) is 0.778. The highest BCUT2D eigenvalue weighted by molar-refractivity contribution is 6.35. The summed E-state index contributed by atoms with van der Waals surface area (Å²) in [6.45, 7) is 0.485. The van der Waals surface area contributed by atoms with Crippen LogP contribution in [-0.4, -0.2) is 35.2 Å². The molecule has 0 spiro atoms. The summed E-state index contributed by atoms with van der Waals surface area (Å²) in [6, 6.07) is 10.9. The van der Waals surface area contributed by atoms with E-state index in [1.165, 1.54) is 0 Å². The number of carbonyl (C=O) groups excluding carboxylic acids is 3. The lowest BCUT2D eigenvalue weighted by atomic mass is 10.1. The van der Waals surface area contributed by atoms with Crippen LogP contribution in [0.5, 0.6) is 0 Å². The maximum absolute atomic E-state index is 12.9. The van der Waals surface area contributed by atoms with E-state index in [9.17, 15) is 14.4 Å². The van der Waals surface area contributed by atoms with Crippen LogP contribution in [0.3, 0.4) is 0 Å². The van der Waals surface area contributed by atoms with Gasteiger partial charge in [0.1, 0.15) is 6.04 Å². The molecule has 3 amide bonds. The predicted molar refractivity (Wildman–Crippen MR) is 108 cm³/mol. The van der Waals surface area contributed by atoms with Crippen molar-refractivity contribution in [1.29, 1.82) is 0 Å². The summed E-state index contributed by atoms with van der Waals surface area (Å²) in [4.78, 5) is 38.1. The minimum Gasteiger partial charge on any atom is -0.369 e. The van der Waals surface area contributed by atoms with Crippen LogP contribution in [0.25, 0.3) is 0 Å². The zero-order valence-corrected chi connectivity index (χ0v) is 16.5. The maximum Gasteiger partial charge on any atom is 0.254 e. The minimum absolute atomic E-state index is 0.140. The van der Waals surface area contributed by atoms with Crippen molar-refractivity contribution in [3.8, 4) is 0 Å². The number of anilines is 1. The van der Waals surface area contributed by atoms with Crippen molar-refractivity contribution in [2.45, 2.75) is 25.3 Å². The van der Waals surface area contributed by atoms with Crippen LogP contribution in [0, 0.1) is 0 Å². The predicted octanol–water partition coefficient (Wildman–Crippen LogP) is 3.26. The van der Waals surface area contributed by atoms with Crippen LogP contribution in [-0.2, 0) is 16.0 Å². The topological polar surface area (TPSA) is 92.5 Å². The smallest absolute Gasteiger partial charge is 0.254 e. The second-order valence-electron chi connectivity index (χ2n) is 6.64. The average molecular weight is 420 g/mol. The summed E-state index contributed by atoms with van der Waals surface area (Å²) < 4.78 is 0. The molecule has 146 valence electrons. The van der Waals surface area contributed by atoms with Gasteiger partial charge in [0.05, 0.1) is 6.42 Å². The van der Waals surface area contributed by atoms with Gasteiger partial charge in [0.25, 0.3) is 5.91 Å². The van der Waals surface area contributed by atoms with Gasteiger partial charge in [-0.25, -0.2) is 0 Å². The molecule has 1 fully saturated rings. The number of nitrogens with one attached hydrogen (secondary N) is 1. The fourth-order valence-electron chi connectivity index (χ4n) is 3.26. The molecule has 1 unspecified atom stereocenters. The first kappa shape index (κ1) is 20.2. The van der Waals surface area contributed by atoms with Crippen molar-refractivity contribution in [3.05, 3.63) is 63.6 Å². The molecule has 3 N–H and O–H groups in total. The number of halogens is 2. The van der Waals surface area contributed by atoms with Crippen LogP contribution < -0.4 is 11.1 Å². The number of primary amides is 1. The molecule has 3 rings (SSSR count). The second-order valence-corrected chi connectivity index (χ2v) is 7.52. The molecule has 2 aromatic rings. The first-order chi connectivity index (χ1) is 13.3. The second kappa shape index (κ2) is 8.63. The highest BCUT2D eigenvalue weighted by Gasteiger charge is 2.34. The summed E-state index contributed by atoms with van der Waals surface area (Å²) in [7, 11) is 0. The summed E-state index contributed by atoms with van der Waals surface area (Å²) in [6.07, 6.45) is 1.45. The largest absolute Gasteiger partial charge is 0.369 e. The van der Waals surface area contributed by atoms with E-state index in [-0.39, 0.29) is 18.2 Å². The number of nitrogens with two attached hydrogens (primary N) is 1. The fourth-order valence-corrected chi connectivity index (χ4v) is 3.78. The molecule has 0 saturated carbocycles. The Morgan fingerprint density at radius 3 is 2.32 bits per heavy atom. The van der Waals surface area contributed by atoms with E-state index in [0.29, 0.717) is 34.3 Å². The molecule has 8 heteroatoms. The molecule has 0 aromatic heterocycles. The molecule has 0 radical (unpaired) electrons. The number of rotatable bonds is 5. The van der Waals surface area contributed by atoms with Crippen molar-refractivity contribution in [2.75, 3.05) is 11.9 Å². The molecule has 28 heavy (non-hydrogen) atoms. The monoisotopic (exact) mass is 419 g/mol. The highest BCUT2D eigenvalue weighted by Crippen LogP contribution is 2.25. The van der Waals surface area contributed by atoms with Crippen molar-refractivity contribution in [3.63, 3.8) is 0 Å².